The molecule has 3 rings (SSSR count). The number of nitrogens with zero attached hydrogens (tertiary/aromatic N) is 1. The van der Waals surface area contributed by atoms with Crippen molar-refractivity contribution in [2.24, 2.45) is 5.41 Å². The third-order valence-corrected chi connectivity index (χ3v) is 7.13. The topological polar surface area (TPSA) is 83.9 Å². The van der Waals surface area contributed by atoms with E-state index in [2.05, 4.69) is 4.74 Å². The van der Waals surface area contributed by atoms with Crippen LogP contribution in [0.3, 0.4) is 0 Å². The molecule has 0 aliphatic carbocycles. The first-order valence-corrected chi connectivity index (χ1v) is 10.6. The number of carboxylic acid groups (broad SMARTS) is 1. The number of carbonyl (C=O) groups is 1. The first-order chi connectivity index (χ1) is 14.0. The van der Waals surface area contributed by atoms with Crippen LogP contribution in [0, 0.1) is 5.41 Å². The highest BCUT2D eigenvalue weighted by atomic mass is 32.2. The fourth-order valence-electron chi connectivity index (χ4n) is 3.57. The summed E-state index contributed by atoms with van der Waals surface area (Å²) < 4.78 is 67.4. The number of halogens is 3. The van der Waals surface area contributed by atoms with Crippen molar-refractivity contribution in [1.29, 1.82) is 0 Å². The number of carboxylic acids is 1. The van der Waals surface area contributed by atoms with Crippen LogP contribution in [0.5, 0.6) is 5.75 Å². The van der Waals surface area contributed by atoms with Gasteiger partial charge < -0.3 is 9.84 Å². The molecule has 162 valence electrons. The highest BCUT2D eigenvalue weighted by molar-refractivity contribution is 7.89. The van der Waals surface area contributed by atoms with Gasteiger partial charge >= 0.3 is 12.3 Å². The molecule has 1 N–H and O–H groups in total. The van der Waals surface area contributed by atoms with E-state index in [1.54, 1.807) is 0 Å². The van der Waals surface area contributed by atoms with E-state index < -0.39 is 33.5 Å². The van der Waals surface area contributed by atoms with Gasteiger partial charge in [0, 0.05) is 13.1 Å². The maximum absolute atomic E-state index is 12.8. The summed E-state index contributed by atoms with van der Waals surface area (Å²) in [4.78, 5) is 11.8. The average Bonchev–Trinajstić information content (AvgIpc) is 2.68. The maximum Gasteiger partial charge on any atom is 0.573 e. The average molecular weight is 443 g/mol. The Hall–Kier alpha value is -2.59. The molecular formula is C20H20F3NO5S. The van der Waals surface area contributed by atoms with E-state index in [9.17, 15) is 31.5 Å². The van der Waals surface area contributed by atoms with Crippen LogP contribution in [0.15, 0.2) is 59.5 Å². The number of rotatable bonds is 6. The monoisotopic (exact) mass is 443 g/mol. The fraction of sp³-hybridized carbons (Fsp3) is 0.350. The summed E-state index contributed by atoms with van der Waals surface area (Å²) in [6.07, 6.45) is -4.32. The zero-order chi connectivity index (χ0) is 22.0. The first-order valence-electron chi connectivity index (χ1n) is 9.15. The molecule has 1 fully saturated rings. The molecule has 0 atom stereocenters. The molecule has 0 bridgehead atoms. The number of piperidine rings is 1. The number of ether oxygens (including phenoxy) is 1. The van der Waals surface area contributed by atoms with Gasteiger partial charge in [-0.2, -0.15) is 4.31 Å². The van der Waals surface area contributed by atoms with Crippen molar-refractivity contribution >= 4 is 16.0 Å². The minimum atomic E-state index is -4.87. The summed E-state index contributed by atoms with van der Waals surface area (Å²) in [6, 6.07) is 13.1. The number of alkyl halides is 3. The Labute approximate surface area is 171 Å². The van der Waals surface area contributed by atoms with Crippen LogP contribution in [0.4, 0.5) is 13.2 Å². The lowest BCUT2D eigenvalue weighted by molar-refractivity contribution is -0.274. The molecule has 6 nitrogen and oxygen atoms in total. The zero-order valence-electron chi connectivity index (χ0n) is 15.8. The molecule has 1 aliphatic heterocycles. The van der Waals surface area contributed by atoms with Crippen molar-refractivity contribution in [2.45, 2.75) is 30.5 Å². The fourth-order valence-corrected chi connectivity index (χ4v) is 5.01. The molecule has 0 unspecified atom stereocenters. The lowest BCUT2D eigenvalue weighted by Crippen LogP contribution is -2.47. The predicted molar refractivity (Wildman–Crippen MR) is 101 cm³/mol. The molecule has 0 aromatic heterocycles. The van der Waals surface area contributed by atoms with Gasteiger partial charge in [-0.25, -0.2) is 8.42 Å². The van der Waals surface area contributed by atoms with E-state index >= 15 is 0 Å². The normalized spacial score (nSPS) is 17.4. The van der Waals surface area contributed by atoms with E-state index in [4.69, 9.17) is 0 Å². The summed E-state index contributed by atoms with van der Waals surface area (Å²) in [5.74, 6) is -1.50. The number of benzene rings is 2. The molecule has 0 amide bonds. The second kappa shape index (κ2) is 8.27. The third-order valence-electron chi connectivity index (χ3n) is 5.21. The van der Waals surface area contributed by atoms with E-state index in [1.807, 2.05) is 30.3 Å². The lowest BCUT2D eigenvalue weighted by atomic mass is 9.74. The van der Waals surface area contributed by atoms with Crippen LogP contribution in [0.25, 0.3) is 0 Å². The van der Waals surface area contributed by atoms with Crippen LogP contribution >= 0.6 is 0 Å². The Balaban J connectivity index is 1.73. The highest BCUT2D eigenvalue weighted by Gasteiger charge is 2.44. The molecular weight excluding hydrogens is 423 g/mol. The Morgan fingerprint density at radius 2 is 1.60 bits per heavy atom. The van der Waals surface area contributed by atoms with Crippen molar-refractivity contribution in [3.05, 3.63) is 60.2 Å². The van der Waals surface area contributed by atoms with Crippen molar-refractivity contribution in [2.75, 3.05) is 13.1 Å². The molecule has 2 aromatic carbocycles. The Morgan fingerprint density at radius 1 is 1.03 bits per heavy atom. The van der Waals surface area contributed by atoms with E-state index in [1.165, 1.54) is 4.31 Å². The smallest absolute Gasteiger partial charge is 0.481 e. The van der Waals surface area contributed by atoms with Gasteiger partial charge in [0.15, 0.2) is 0 Å². The molecule has 1 aliphatic rings. The molecule has 1 saturated heterocycles. The summed E-state index contributed by atoms with van der Waals surface area (Å²) in [5, 5.41) is 9.81. The molecule has 0 radical (unpaired) electrons. The van der Waals surface area contributed by atoms with E-state index in [0.717, 1.165) is 29.8 Å². The molecule has 0 saturated carbocycles. The van der Waals surface area contributed by atoms with Crippen LogP contribution in [-0.2, 0) is 21.2 Å². The minimum absolute atomic E-state index is 0.00225. The number of hydrogen-bond donors (Lipinski definition) is 1. The predicted octanol–water partition coefficient (Wildman–Crippen LogP) is 3.68. The molecule has 2 aromatic rings. The summed E-state index contributed by atoms with van der Waals surface area (Å²) in [7, 11) is -3.97. The maximum atomic E-state index is 12.8. The summed E-state index contributed by atoms with van der Waals surface area (Å²) in [5.41, 5.74) is -0.214. The molecule has 0 spiro atoms. The highest BCUT2D eigenvalue weighted by Crippen LogP contribution is 2.37. The lowest BCUT2D eigenvalue weighted by Gasteiger charge is -2.38. The van der Waals surface area contributed by atoms with E-state index in [-0.39, 0.29) is 30.8 Å². The van der Waals surface area contributed by atoms with Crippen molar-refractivity contribution in [3.63, 3.8) is 0 Å². The van der Waals surface area contributed by atoms with Gasteiger partial charge in [-0.3, -0.25) is 4.79 Å². The van der Waals surface area contributed by atoms with Gasteiger partial charge in [-0.1, -0.05) is 30.3 Å². The summed E-state index contributed by atoms with van der Waals surface area (Å²) >= 11 is 0. The van der Waals surface area contributed by atoms with Crippen LogP contribution in [-0.4, -0.2) is 43.3 Å². The van der Waals surface area contributed by atoms with Crippen LogP contribution in [0.2, 0.25) is 0 Å². The Kier molecular flexibility index (Phi) is 6.09. The SMILES string of the molecule is O=C(O)C1(Cc2ccccc2)CCN(S(=O)(=O)c2ccc(OC(F)(F)F)cc2)CC1. The molecule has 1 heterocycles. The van der Waals surface area contributed by atoms with Gasteiger partial charge in [0.1, 0.15) is 5.75 Å². The second-order valence-electron chi connectivity index (χ2n) is 7.17. The minimum Gasteiger partial charge on any atom is -0.481 e. The number of hydrogen-bond acceptors (Lipinski definition) is 4. The number of sulfonamides is 1. The van der Waals surface area contributed by atoms with Gasteiger partial charge in [-0.05, 0) is 49.1 Å². The Morgan fingerprint density at radius 3 is 2.10 bits per heavy atom. The van der Waals surface area contributed by atoms with Gasteiger partial charge in [0.25, 0.3) is 0 Å². The first kappa shape index (κ1) is 22.1. The van der Waals surface area contributed by atoms with Crippen molar-refractivity contribution in [1.82, 2.24) is 4.31 Å². The molecule has 30 heavy (non-hydrogen) atoms. The van der Waals surface area contributed by atoms with Gasteiger partial charge in [-0.15, -0.1) is 13.2 Å². The van der Waals surface area contributed by atoms with Gasteiger partial charge in [0.05, 0.1) is 10.3 Å². The van der Waals surface area contributed by atoms with Crippen molar-refractivity contribution in [3.8, 4) is 5.75 Å². The van der Waals surface area contributed by atoms with Crippen LogP contribution in [0.1, 0.15) is 18.4 Å². The standard InChI is InChI=1S/C20H20F3NO5S/c21-20(22,23)29-16-6-8-17(9-7-16)30(27,28)24-12-10-19(11-13-24,18(25)26)14-15-4-2-1-3-5-15/h1-9H,10-14H2,(H,25,26). The number of aliphatic carboxylic acids is 1. The van der Waals surface area contributed by atoms with Crippen molar-refractivity contribution < 1.29 is 36.2 Å². The second-order valence-corrected chi connectivity index (χ2v) is 9.11. The van der Waals surface area contributed by atoms with Crippen LogP contribution < -0.4 is 4.74 Å². The summed E-state index contributed by atoms with van der Waals surface area (Å²) in [6.45, 7) is 0.00450. The van der Waals surface area contributed by atoms with Gasteiger partial charge in [0.2, 0.25) is 10.0 Å². The van der Waals surface area contributed by atoms with E-state index in [0.29, 0.717) is 6.42 Å². The third kappa shape index (κ3) is 4.93. The molecule has 10 heteroatoms. The quantitative estimate of drug-likeness (QED) is 0.736. The zero-order valence-corrected chi connectivity index (χ0v) is 16.6. The largest absolute Gasteiger partial charge is 0.573 e. The Bertz CT molecular complexity index is 983.